The number of aliphatic hydroxyl groups excluding tert-OH is 2. The van der Waals surface area contributed by atoms with Crippen LogP contribution in [0.15, 0.2) is 24.3 Å². The van der Waals surface area contributed by atoms with E-state index in [4.69, 9.17) is 14.2 Å². The lowest BCUT2D eigenvalue weighted by Crippen LogP contribution is -2.63. The predicted octanol–water partition coefficient (Wildman–Crippen LogP) is 8.05. The molecule has 0 aromatic carbocycles. The molecule has 2 saturated heterocycles. The van der Waals surface area contributed by atoms with E-state index in [9.17, 15) is 10.2 Å². The van der Waals surface area contributed by atoms with E-state index in [-0.39, 0.29) is 51.8 Å². The van der Waals surface area contributed by atoms with Crippen LogP contribution in [0.5, 0.6) is 0 Å². The molecule has 248 valence electrons. The lowest BCUT2D eigenvalue weighted by molar-refractivity contribution is -0.232. The smallest absolute Gasteiger partial charge is 0.160 e. The molecule has 4 saturated carbocycles. The highest BCUT2D eigenvalue weighted by molar-refractivity contribution is 5.33. The minimum Gasteiger partial charge on any atom is -0.374 e. The van der Waals surface area contributed by atoms with Gasteiger partial charge >= 0.3 is 0 Å². The second-order valence-corrected chi connectivity index (χ2v) is 18.1. The molecule has 16 atom stereocenters. The summed E-state index contributed by atoms with van der Waals surface area (Å²) in [6, 6.07) is 0. The Hall–Kier alpha value is -0.720. The van der Waals surface area contributed by atoms with Gasteiger partial charge in [0.25, 0.3) is 0 Å². The Kier molecular flexibility index (Phi) is 7.71. The lowest BCUT2D eigenvalue weighted by Gasteiger charge is -2.70. The maximum atomic E-state index is 11.4. The molecule has 15 unspecified atom stereocenters. The summed E-state index contributed by atoms with van der Waals surface area (Å²) >= 11 is 0. The van der Waals surface area contributed by atoms with E-state index < -0.39 is 12.6 Å². The lowest BCUT2D eigenvalue weighted by atomic mass is 9.34. The van der Waals surface area contributed by atoms with Gasteiger partial charge < -0.3 is 24.4 Å². The Morgan fingerprint density at radius 3 is 2.41 bits per heavy atom. The second-order valence-electron chi connectivity index (χ2n) is 18.1. The maximum absolute atomic E-state index is 11.4. The SMILES string of the molecule is C=CC1C2CCC(O2)C1[C@@H](O)OC1CCC2(C)C(CCC3(C)C2CC=C2C4CC(C)(C(O)OC)CCC4(C)CCC23C)C1C. The highest BCUT2D eigenvalue weighted by atomic mass is 16.6. The van der Waals surface area contributed by atoms with Crippen LogP contribution in [0, 0.1) is 62.6 Å². The molecule has 2 aliphatic heterocycles. The van der Waals surface area contributed by atoms with Gasteiger partial charge in [0.05, 0.1) is 18.3 Å². The summed E-state index contributed by atoms with van der Waals surface area (Å²) in [4.78, 5) is 0. The minimum absolute atomic E-state index is 0.0203. The summed E-state index contributed by atoms with van der Waals surface area (Å²) in [5.74, 6) is 2.43. The molecule has 6 fully saturated rings. The maximum Gasteiger partial charge on any atom is 0.160 e. The molecule has 0 spiro atoms. The van der Waals surface area contributed by atoms with Crippen molar-refractivity contribution in [2.75, 3.05) is 7.11 Å². The van der Waals surface area contributed by atoms with Gasteiger partial charge in [-0.3, -0.25) is 0 Å². The molecule has 2 bridgehead atoms. The molecular formula is C39H62O5. The summed E-state index contributed by atoms with van der Waals surface area (Å²) < 4.78 is 18.4. The van der Waals surface area contributed by atoms with E-state index in [2.05, 4.69) is 54.2 Å². The van der Waals surface area contributed by atoms with Crippen molar-refractivity contribution in [3.63, 3.8) is 0 Å². The number of aliphatic hydroxyl groups is 2. The van der Waals surface area contributed by atoms with Crippen LogP contribution >= 0.6 is 0 Å². The van der Waals surface area contributed by atoms with Crippen molar-refractivity contribution in [3.05, 3.63) is 24.3 Å². The second kappa shape index (κ2) is 10.6. The number of rotatable bonds is 6. The standard InChI is InChI=1S/C39H62O5/c1-9-24-29-11-12-30(43-29)32(24)33(40)44-28-15-16-37(5)25(23(28)2)14-17-39(7)31(37)13-10-26-27-22-36(4,34(41)42-8)19-18-35(27,3)20-21-38(26,39)6/h9-10,23-25,27-34,40-41H,1,11-22H2,2-8H3/t23?,24?,25?,27?,28?,29?,30?,31?,32?,33-,34?,35?,36?,37?,38?,39?/m0/s1. The van der Waals surface area contributed by atoms with Crippen molar-refractivity contribution in [3.8, 4) is 0 Å². The first-order chi connectivity index (χ1) is 20.7. The molecule has 5 heteroatoms. The molecule has 5 aliphatic carbocycles. The highest BCUT2D eigenvalue weighted by Gasteiger charge is 2.67. The monoisotopic (exact) mass is 610 g/mol. The first kappa shape index (κ1) is 31.9. The first-order valence-electron chi connectivity index (χ1n) is 18.3. The molecular weight excluding hydrogens is 548 g/mol. The fraction of sp³-hybridized carbons (Fsp3) is 0.897. The van der Waals surface area contributed by atoms with Gasteiger partial charge in [0.15, 0.2) is 12.6 Å². The number of ether oxygens (including phenoxy) is 3. The third kappa shape index (κ3) is 4.27. The third-order valence-corrected chi connectivity index (χ3v) is 16.5. The molecule has 0 aromatic rings. The first-order valence-corrected chi connectivity index (χ1v) is 18.3. The van der Waals surface area contributed by atoms with Gasteiger partial charge in [-0.15, -0.1) is 6.58 Å². The zero-order valence-corrected chi connectivity index (χ0v) is 28.8. The van der Waals surface area contributed by atoms with Gasteiger partial charge in [0, 0.05) is 24.4 Å². The number of allylic oxidation sites excluding steroid dienone is 2. The van der Waals surface area contributed by atoms with Crippen LogP contribution in [0.1, 0.15) is 119 Å². The molecule has 44 heavy (non-hydrogen) atoms. The Labute approximate surface area is 267 Å². The van der Waals surface area contributed by atoms with Gasteiger partial charge in [-0.1, -0.05) is 59.3 Å². The van der Waals surface area contributed by atoms with Crippen molar-refractivity contribution in [1.82, 2.24) is 0 Å². The number of fused-ring (bicyclic) bond motifs is 9. The van der Waals surface area contributed by atoms with Gasteiger partial charge in [0.1, 0.15) is 0 Å². The Balaban J connectivity index is 1.12. The largest absolute Gasteiger partial charge is 0.374 e. The molecule has 2 heterocycles. The van der Waals surface area contributed by atoms with Crippen molar-refractivity contribution < 1.29 is 24.4 Å². The average Bonchev–Trinajstić information content (AvgIpc) is 3.61. The zero-order chi connectivity index (χ0) is 31.4. The molecule has 7 rings (SSSR count). The number of methoxy groups -OCH3 is 1. The summed E-state index contributed by atoms with van der Waals surface area (Å²) in [5, 5.41) is 22.3. The van der Waals surface area contributed by atoms with Gasteiger partial charge in [-0.25, -0.2) is 0 Å². The molecule has 0 amide bonds. The molecule has 2 N–H and O–H groups in total. The molecule has 0 aromatic heterocycles. The quantitative estimate of drug-likeness (QED) is 0.235. The predicted molar refractivity (Wildman–Crippen MR) is 173 cm³/mol. The average molecular weight is 611 g/mol. The molecule has 0 radical (unpaired) electrons. The fourth-order valence-corrected chi connectivity index (χ4v) is 13.4. The Morgan fingerprint density at radius 1 is 0.955 bits per heavy atom. The number of hydrogen-bond acceptors (Lipinski definition) is 5. The topological polar surface area (TPSA) is 68.2 Å². The van der Waals surface area contributed by atoms with Gasteiger partial charge in [-0.05, 0) is 122 Å². The van der Waals surface area contributed by atoms with Crippen LogP contribution < -0.4 is 0 Å². The van der Waals surface area contributed by atoms with Crippen LogP contribution in [0.4, 0.5) is 0 Å². The summed E-state index contributed by atoms with van der Waals surface area (Å²) in [6.07, 6.45) is 17.5. The molecule has 5 nitrogen and oxygen atoms in total. The summed E-state index contributed by atoms with van der Waals surface area (Å²) in [5.41, 5.74) is 2.59. The van der Waals surface area contributed by atoms with Crippen molar-refractivity contribution in [2.24, 2.45) is 62.6 Å². The Morgan fingerprint density at radius 2 is 1.68 bits per heavy atom. The van der Waals surface area contributed by atoms with E-state index in [1.165, 1.54) is 44.9 Å². The van der Waals surface area contributed by atoms with Crippen molar-refractivity contribution >= 4 is 0 Å². The van der Waals surface area contributed by atoms with Crippen molar-refractivity contribution in [1.29, 1.82) is 0 Å². The molecule has 7 aliphatic rings. The highest BCUT2D eigenvalue weighted by Crippen LogP contribution is 2.75. The van der Waals surface area contributed by atoms with E-state index in [1.54, 1.807) is 12.7 Å². The Bertz CT molecular complexity index is 1170. The van der Waals surface area contributed by atoms with Crippen LogP contribution in [-0.4, -0.2) is 48.2 Å². The van der Waals surface area contributed by atoms with E-state index in [0.717, 1.165) is 32.1 Å². The normalized spacial score (nSPS) is 56.0. The van der Waals surface area contributed by atoms with Gasteiger partial charge in [-0.2, -0.15) is 0 Å². The third-order valence-electron chi connectivity index (χ3n) is 16.5. The summed E-state index contributed by atoms with van der Waals surface area (Å²) in [7, 11) is 1.66. The van der Waals surface area contributed by atoms with Crippen molar-refractivity contribution in [2.45, 2.75) is 149 Å². The van der Waals surface area contributed by atoms with E-state index in [1.807, 2.05) is 6.08 Å². The summed E-state index contributed by atoms with van der Waals surface area (Å²) in [6.45, 7) is 19.2. The minimum atomic E-state index is -0.771. The van der Waals surface area contributed by atoms with E-state index in [0.29, 0.717) is 29.1 Å². The van der Waals surface area contributed by atoms with Gasteiger partial charge in [0.2, 0.25) is 0 Å². The zero-order valence-electron chi connectivity index (χ0n) is 28.8. The van der Waals surface area contributed by atoms with E-state index >= 15 is 0 Å². The van der Waals surface area contributed by atoms with Crippen LogP contribution in [-0.2, 0) is 14.2 Å². The van der Waals surface area contributed by atoms with Crippen LogP contribution in [0.2, 0.25) is 0 Å². The van der Waals surface area contributed by atoms with Crippen LogP contribution in [0.25, 0.3) is 0 Å². The fourth-order valence-electron chi connectivity index (χ4n) is 13.4. The number of hydrogen-bond donors (Lipinski definition) is 2. The van der Waals surface area contributed by atoms with Crippen LogP contribution in [0.3, 0.4) is 0 Å².